The molecule has 0 radical (unpaired) electrons. The molecule has 0 aliphatic carbocycles. The smallest absolute Gasteiger partial charge is 0.232 e. The van der Waals surface area contributed by atoms with Crippen molar-refractivity contribution in [1.29, 1.82) is 0 Å². The summed E-state index contributed by atoms with van der Waals surface area (Å²) in [5.74, 6) is 1.00. The minimum Gasteiger partial charge on any atom is -0.491 e. The second-order valence-electron chi connectivity index (χ2n) is 9.99. The van der Waals surface area contributed by atoms with Gasteiger partial charge in [0.15, 0.2) is 0 Å². The fourth-order valence-corrected chi connectivity index (χ4v) is 6.67. The number of benzene rings is 2. The van der Waals surface area contributed by atoms with Gasteiger partial charge in [0.2, 0.25) is 16.0 Å². The fourth-order valence-electron chi connectivity index (χ4n) is 5.41. The molecule has 39 heavy (non-hydrogen) atoms. The van der Waals surface area contributed by atoms with Gasteiger partial charge in [-0.1, -0.05) is 12.1 Å². The third-order valence-corrected chi connectivity index (χ3v) is 9.06. The number of aromatic nitrogens is 2. The Morgan fingerprint density at radius 2 is 1.85 bits per heavy atom. The van der Waals surface area contributed by atoms with Gasteiger partial charge in [0.05, 0.1) is 40.1 Å². The number of likely N-dealkylation sites (N-methyl/N-ethyl adjacent to an activating group) is 1. The number of para-hydroxylation sites is 1. The number of ether oxygens (including phenoxy) is 1. The van der Waals surface area contributed by atoms with Gasteiger partial charge in [0, 0.05) is 57.0 Å². The van der Waals surface area contributed by atoms with Gasteiger partial charge in [0.1, 0.15) is 17.4 Å². The molecule has 1 fully saturated rings. The van der Waals surface area contributed by atoms with Crippen molar-refractivity contribution in [2.45, 2.75) is 12.8 Å². The first-order valence-electron chi connectivity index (χ1n) is 12.8. The Morgan fingerprint density at radius 3 is 2.62 bits per heavy atom. The van der Waals surface area contributed by atoms with E-state index in [4.69, 9.17) is 4.74 Å². The molecule has 6 rings (SSSR count). The lowest BCUT2D eigenvalue weighted by Crippen LogP contribution is -2.45. The quantitative estimate of drug-likeness (QED) is 0.426. The third-order valence-electron chi connectivity index (χ3n) is 7.32. The highest BCUT2D eigenvalue weighted by Crippen LogP contribution is 2.44. The van der Waals surface area contributed by atoms with Gasteiger partial charge in [-0.3, -0.25) is 4.31 Å². The molecule has 13 heteroatoms. The lowest BCUT2D eigenvalue weighted by Gasteiger charge is -2.35. The predicted molar refractivity (Wildman–Crippen MR) is 154 cm³/mol. The number of halogens is 2. The highest BCUT2D eigenvalue weighted by atomic mass is 79.9. The zero-order chi connectivity index (χ0) is 27.3. The lowest BCUT2D eigenvalue weighted by molar-refractivity contribution is 0.311. The van der Waals surface area contributed by atoms with Crippen molar-refractivity contribution < 1.29 is 17.5 Å². The Balaban J connectivity index is 1.30. The van der Waals surface area contributed by atoms with Gasteiger partial charge < -0.3 is 25.2 Å². The molecule has 0 unspecified atom stereocenters. The number of hydrogen-bond acceptors (Lipinski definition) is 9. The van der Waals surface area contributed by atoms with E-state index in [2.05, 4.69) is 53.4 Å². The molecule has 206 valence electrons. The summed E-state index contributed by atoms with van der Waals surface area (Å²) in [7, 11) is -1.36. The first kappa shape index (κ1) is 26.1. The standard InChI is InChI=1S/C26H29BrFN7O3S/c1-33-9-11-34(12-10-33)23-17-7-13-38-24(17)21(14-19(23)28)31-26-29-15-18(27)25(32-26)30-20-5-3-4-16-6-8-35(22(16)20)39(2,36)37/h3-5,14-15H,6-13H2,1-2H3,(H2,29,30,31,32). The molecule has 0 atom stereocenters. The van der Waals surface area contributed by atoms with Gasteiger partial charge in [-0.2, -0.15) is 4.98 Å². The van der Waals surface area contributed by atoms with Crippen LogP contribution in [0, 0.1) is 5.82 Å². The van der Waals surface area contributed by atoms with E-state index in [-0.39, 0.29) is 11.8 Å². The van der Waals surface area contributed by atoms with Gasteiger partial charge in [-0.15, -0.1) is 0 Å². The maximum Gasteiger partial charge on any atom is 0.232 e. The lowest BCUT2D eigenvalue weighted by atomic mass is 10.1. The van der Waals surface area contributed by atoms with Gasteiger partial charge in [-0.05, 0) is 41.0 Å². The van der Waals surface area contributed by atoms with E-state index in [0.717, 1.165) is 37.3 Å². The molecule has 1 saturated heterocycles. The summed E-state index contributed by atoms with van der Waals surface area (Å²) in [6.45, 7) is 4.16. The van der Waals surface area contributed by atoms with Crippen LogP contribution in [0.2, 0.25) is 0 Å². The van der Waals surface area contributed by atoms with E-state index in [1.165, 1.54) is 16.6 Å². The molecule has 3 aliphatic heterocycles. The number of anilines is 6. The van der Waals surface area contributed by atoms with Crippen LogP contribution >= 0.6 is 15.9 Å². The Kier molecular flexibility index (Phi) is 6.76. The normalized spacial score (nSPS) is 17.1. The fraction of sp³-hybridized carbons (Fsp3) is 0.385. The Bertz CT molecular complexity index is 1550. The molecule has 1 aromatic heterocycles. The van der Waals surface area contributed by atoms with E-state index >= 15 is 4.39 Å². The predicted octanol–water partition coefficient (Wildman–Crippen LogP) is 3.87. The average molecular weight is 619 g/mol. The zero-order valence-electron chi connectivity index (χ0n) is 21.7. The van der Waals surface area contributed by atoms with Crippen LogP contribution in [0.1, 0.15) is 11.1 Å². The SMILES string of the molecule is CN1CCN(c2c(F)cc(Nc3ncc(Br)c(Nc4cccc5c4N(S(C)(=O)=O)CC5)n3)c3c2CCO3)CC1. The van der Waals surface area contributed by atoms with Crippen LogP contribution in [0.4, 0.5) is 38.9 Å². The van der Waals surface area contributed by atoms with Crippen LogP contribution < -0.4 is 24.6 Å². The monoisotopic (exact) mass is 617 g/mol. The molecule has 2 aromatic carbocycles. The highest BCUT2D eigenvalue weighted by molar-refractivity contribution is 9.10. The van der Waals surface area contributed by atoms with E-state index < -0.39 is 10.0 Å². The molecular weight excluding hydrogens is 589 g/mol. The van der Waals surface area contributed by atoms with Crippen LogP contribution in [0.15, 0.2) is 34.9 Å². The van der Waals surface area contributed by atoms with Gasteiger partial charge in [-0.25, -0.2) is 17.8 Å². The summed E-state index contributed by atoms with van der Waals surface area (Å²) in [5.41, 5.74) is 4.12. The number of piperazine rings is 1. The maximum absolute atomic E-state index is 15.5. The summed E-state index contributed by atoms with van der Waals surface area (Å²) in [6, 6.07) is 7.07. The third kappa shape index (κ3) is 4.98. The summed E-state index contributed by atoms with van der Waals surface area (Å²) in [6.07, 6.45) is 4.06. The Labute approximate surface area is 235 Å². The molecule has 3 aliphatic rings. The second-order valence-corrected chi connectivity index (χ2v) is 12.8. The van der Waals surface area contributed by atoms with Crippen molar-refractivity contribution >= 4 is 60.5 Å². The van der Waals surface area contributed by atoms with Crippen LogP contribution in [-0.2, 0) is 22.9 Å². The first-order chi connectivity index (χ1) is 18.7. The summed E-state index contributed by atoms with van der Waals surface area (Å²) >= 11 is 3.49. The Morgan fingerprint density at radius 1 is 1.05 bits per heavy atom. The molecule has 4 heterocycles. The highest BCUT2D eigenvalue weighted by Gasteiger charge is 2.30. The van der Waals surface area contributed by atoms with Crippen molar-refractivity contribution in [2.24, 2.45) is 0 Å². The maximum atomic E-state index is 15.5. The van der Waals surface area contributed by atoms with E-state index in [1.54, 1.807) is 6.20 Å². The number of nitrogens with one attached hydrogen (secondary N) is 2. The van der Waals surface area contributed by atoms with Gasteiger partial charge >= 0.3 is 0 Å². The van der Waals surface area contributed by atoms with E-state index in [1.807, 2.05) is 18.2 Å². The Hall–Kier alpha value is -3.16. The van der Waals surface area contributed by atoms with Crippen LogP contribution in [0.3, 0.4) is 0 Å². The number of nitrogens with zero attached hydrogens (tertiary/aromatic N) is 5. The number of hydrogen-bond donors (Lipinski definition) is 2. The topological polar surface area (TPSA) is 103 Å². The molecular formula is C26H29BrFN7O3S. The number of fused-ring (bicyclic) bond motifs is 2. The molecule has 2 N–H and O–H groups in total. The van der Waals surface area contributed by atoms with E-state index in [9.17, 15) is 8.42 Å². The van der Waals surface area contributed by atoms with Gasteiger partial charge in [0.25, 0.3) is 0 Å². The summed E-state index contributed by atoms with van der Waals surface area (Å²) in [5, 5.41) is 6.40. The molecule has 0 amide bonds. The zero-order valence-corrected chi connectivity index (χ0v) is 24.1. The number of rotatable bonds is 6. The first-order valence-corrected chi connectivity index (χ1v) is 15.4. The minimum atomic E-state index is -3.43. The van der Waals surface area contributed by atoms with Crippen LogP contribution in [-0.4, -0.2) is 75.9 Å². The van der Waals surface area contributed by atoms with Crippen LogP contribution in [0.5, 0.6) is 5.75 Å². The van der Waals surface area contributed by atoms with Crippen molar-refractivity contribution in [3.63, 3.8) is 0 Å². The minimum absolute atomic E-state index is 0.248. The molecule has 0 saturated carbocycles. The average Bonchev–Trinajstić information content (AvgIpc) is 3.55. The van der Waals surface area contributed by atoms with Crippen molar-refractivity contribution in [2.75, 3.05) is 72.5 Å². The molecule has 3 aromatic rings. The summed E-state index contributed by atoms with van der Waals surface area (Å²) in [4.78, 5) is 13.3. The molecule has 0 bridgehead atoms. The largest absolute Gasteiger partial charge is 0.491 e. The molecule has 10 nitrogen and oxygen atoms in total. The van der Waals surface area contributed by atoms with Crippen molar-refractivity contribution in [1.82, 2.24) is 14.9 Å². The molecule has 0 spiro atoms. The van der Waals surface area contributed by atoms with Crippen molar-refractivity contribution in [3.05, 3.63) is 51.9 Å². The summed E-state index contributed by atoms with van der Waals surface area (Å²) < 4.78 is 48.2. The van der Waals surface area contributed by atoms with Crippen LogP contribution in [0.25, 0.3) is 0 Å². The van der Waals surface area contributed by atoms with E-state index in [0.29, 0.717) is 64.8 Å². The second kappa shape index (κ2) is 10.1. The number of sulfonamides is 1. The van der Waals surface area contributed by atoms with Crippen molar-refractivity contribution in [3.8, 4) is 5.75 Å².